The van der Waals surface area contributed by atoms with Gasteiger partial charge in [-0.1, -0.05) is 42.5 Å². The van der Waals surface area contributed by atoms with Crippen LogP contribution < -0.4 is 5.43 Å². The molecule has 24 heavy (non-hydrogen) atoms. The zero-order valence-corrected chi connectivity index (χ0v) is 13.4. The second-order valence-electron chi connectivity index (χ2n) is 5.26. The van der Waals surface area contributed by atoms with Crippen molar-refractivity contribution >= 4 is 23.9 Å². The van der Waals surface area contributed by atoms with Gasteiger partial charge in [0.2, 0.25) is 0 Å². The maximum atomic E-state index is 12.0. The van der Waals surface area contributed by atoms with Gasteiger partial charge in [0.1, 0.15) is 0 Å². The smallest absolute Gasteiger partial charge is 0.267 e. The topological polar surface area (TPSA) is 84.6 Å². The predicted octanol–water partition coefficient (Wildman–Crippen LogP) is 3.72. The van der Waals surface area contributed by atoms with Gasteiger partial charge >= 0.3 is 0 Å². The highest BCUT2D eigenvalue weighted by molar-refractivity contribution is 5.95. The molecule has 0 saturated carbocycles. The molecule has 0 heterocycles. The highest BCUT2D eigenvalue weighted by Gasteiger charge is 2.14. The number of benzene rings is 2. The van der Waals surface area contributed by atoms with E-state index in [4.69, 9.17) is 0 Å². The van der Waals surface area contributed by atoms with Crippen molar-refractivity contribution < 1.29 is 9.72 Å². The van der Waals surface area contributed by atoms with Crippen LogP contribution in [0, 0.1) is 17.0 Å². The van der Waals surface area contributed by atoms with E-state index in [1.807, 2.05) is 43.3 Å². The number of hydrogen-bond acceptors (Lipinski definition) is 4. The van der Waals surface area contributed by atoms with Gasteiger partial charge in [0.25, 0.3) is 11.6 Å². The van der Waals surface area contributed by atoms with Crippen molar-refractivity contribution in [2.24, 2.45) is 5.10 Å². The number of nitrogens with one attached hydrogen (secondary N) is 1. The molecule has 122 valence electrons. The zero-order valence-electron chi connectivity index (χ0n) is 13.4. The van der Waals surface area contributed by atoms with Crippen LogP contribution in [0.5, 0.6) is 0 Å². The molecule has 0 aliphatic carbocycles. The van der Waals surface area contributed by atoms with Crippen LogP contribution in [0.15, 0.2) is 59.2 Å². The lowest BCUT2D eigenvalue weighted by Gasteiger charge is -2.02. The molecular weight excluding hydrogens is 306 g/mol. The van der Waals surface area contributed by atoms with E-state index < -0.39 is 10.8 Å². The molecule has 6 heteroatoms. The molecule has 2 aromatic carbocycles. The largest absolute Gasteiger partial charge is 0.273 e. The molecule has 0 saturated heterocycles. The summed E-state index contributed by atoms with van der Waals surface area (Å²) < 4.78 is 0. The normalized spacial score (nSPS) is 11.5. The summed E-state index contributed by atoms with van der Waals surface area (Å²) in [5.74, 6) is -0.498. The number of aryl methyl sites for hydroxylation is 1. The maximum Gasteiger partial charge on any atom is 0.273 e. The number of nitro groups is 1. The third kappa shape index (κ3) is 4.61. The van der Waals surface area contributed by atoms with Gasteiger partial charge in [0.15, 0.2) is 0 Å². The number of hydrogen-bond donors (Lipinski definition) is 1. The first-order valence-corrected chi connectivity index (χ1v) is 7.29. The SMILES string of the molecule is C/C(C=NNC(=O)c1ccc(C)c([N+](=O)[O-])c1)=C\c1ccccc1. The minimum atomic E-state index is -0.512. The van der Waals surface area contributed by atoms with E-state index in [1.165, 1.54) is 24.4 Å². The minimum absolute atomic E-state index is 0.0909. The van der Waals surface area contributed by atoms with Crippen LogP contribution in [-0.2, 0) is 0 Å². The van der Waals surface area contributed by atoms with Crippen molar-refractivity contribution in [2.75, 3.05) is 0 Å². The van der Waals surface area contributed by atoms with Crippen molar-refractivity contribution in [1.29, 1.82) is 0 Å². The van der Waals surface area contributed by atoms with E-state index in [0.717, 1.165) is 11.1 Å². The lowest BCUT2D eigenvalue weighted by molar-refractivity contribution is -0.385. The van der Waals surface area contributed by atoms with Gasteiger partial charge in [0, 0.05) is 17.2 Å². The molecule has 2 aromatic rings. The monoisotopic (exact) mass is 323 g/mol. The summed E-state index contributed by atoms with van der Waals surface area (Å²) in [6.07, 6.45) is 3.44. The molecule has 1 amide bonds. The molecule has 0 radical (unpaired) electrons. The van der Waals surface area contributed by atoms with E-state index in [-0.39, 0.29) is 11.3 Å². The highest BCUT2D eigenvalue weighted by Crippen LogP contribution is 2.19. The van der Waals surface area contributed by atoms with Crippen molar-refractivity contribution in [3.8, 4) is 0 Å². The molecule has 1 N–H and O–H groups in total. The van der Waals surface area contributed by atoms with E-state index in [9.17, 15) is 14.9 Å². The summed E-state index contributed by atoms with van der Waals surface area (Å²) in [5, 5.41) is 14.8. The number of allylic oxidation sites excluding steroid dienone is 1. The van der Waals surface area contributed by atoms with E-state index in [0.29, 0.717) is 5.56 Å². The second kappa shape index (κ2) is 7.82. The number of amides is 1. The number of rotatable bonds is 5. The summed E-state index contributed by atoms with van der Waals surface area (Å²) >= 11 is 0. The second-order valence-corrected chi connectivity index (χ2v) is 5.26. The fraction of sp³-hybridized carbons (Fsp3) is 0.111. The van der Waals surface area contributed by atoms with Crippen molar-refractivity contribution in [1.82, 2.24) is 5.43 Å². The first-order valence-electron chi connectivity index (χ1n) is 7.29. The number of nitro benzene ring substituents is 1. The first-order chi connectivity index (χ1) is 11.5. The van der Waals surface area contributed by atoms with Gasteiger partial charge in [-0.05, 0) is 31.1 Å². The Bertz CT molecular complexity index is 812. The molecule has 6 nitrogen and oxygen atoms in total. The molecule has 0 aliphatic heterocycles. The Labute approximate surface area is 139 Å². The Morgan fingerprint density at radius 3 is 2.58 bits per heavy atom. The van der Waals surface area contributed by atoms with Crippen LogP contribution in [0.4, 0.5) is 5.69 Å². The van der Waals surface area contributed by atoms with E-state index >= 15 is 0 Å². The van der Waals surface area contributed by atoms with Crippen LogP contribution in [0.25, 0.3) is 6.08 Å². The standard InChI is InChI=1S/C18H17N3O3/c1-13(10-15-6-4-3-5-7-15)12-19-20-18(22)16-9-8-14(2)17(11-16)21(23)24/h3-12H,1-2H3,(H,20,22)/b13-10+,19-12?. The van der Waals surface area contributed by atoms with Gasteiger partial charge in [0.05, 0.1) is 11.1 Å². The Morgan fingerprint density at radius 2 is 1.92 bits per heavy atom. The van der Waals surface area contributed by atoms with Crippen LogP contribution >= 0.6 is 0 Å². The van der Waals surface area contributed by atoms with E-state index in [1.54, 1.807) is 6.92 Å². The Hall–Kier alpha value is -3.28. The molecule has 0 fully saturated rings. The van der Waals surface area contributed by atoms with Crippen LogP contribution in [-0.4, -0.2) is 17.0 Å². The van der Waals surface area contributed by atoms with Crippen LogP contribution in [0.2, 0.25) is 0 Å². The summed E-state index contributed by atoms with van der Waals surface area (Å²) in [6.45, 7) is 3.48. The average Bonchev–Trinajstić information content (AvgIpc) is 2.55. The van der Waals surface area contributed by atoms with Crippen molar-refractivity contribution in [3.63, 3.8) is 0 Å². The molecular formula is C18H17N3O3. The molecule has 0 atom stereocenters. The molecule has 0 aromatic heterocycles. The molecule has 0 unspecified atom stereocenters. The third-order valence-electron chi connectivity index (χ3n) is 3.30. The summed E-state index contributed by atoms with van der Waals surface area (Å²) in [5.41, 5.74) is 4.86. The number of hydrazone groups is 1. The van der Waals surface area contributed by atoms with Crippen molar-refractivity contribution in [2.45, 2.75) is 13.8 Å². The highest BCUT2D eigenvalue weighted by atomic mass is 16.6. The molecule has 0 aliphatic rings. The number of carbonyl (C=O) groups excluding carboxylic acids is 1. The van der Waals surface area contributed by atoms with Crippen molar-refractivity contribution in [3.05, 3.63) is 80.9 Å². The lowest BCUT2D eigenvalue weighted by Crippen LogP contribution is -2.17. The van der Waals surface area contributed by atoms with Gasteiger partial charge in [-0.3, -0.25) is 14.9 Å². The quantitative estimate of drug-likeness (QED) is 0.517. The maximum absolute atomic E-state index is 12.0. The average molecular weight is 323 g/mol. The molecule has 0 bridgehead atoms. The predicted molar refractivity (Wildman–Crippen MR) is 93.9 cm³/mol. The fourth-order valence-corrected chi connectivity index (χ4v) is 2.05. The van der Waals surface area contributed by atoms with E-state index in [2.05, 4.69) is 10.5 Å². The minimum Gasteiger partial charge on any atom is -0.267 e. The van der Waals surface area contributed by atoms with Crippen LogP contribution in [0.1, 0.15) is 28.4 Å². The fourth-order valence-electron chi connectivity index (χ4n) is 2.05. The van der Waals surface area contributed by atoms with Gasteiger partial charge < -0.3 is 0 Å². The Kier molecular flexibility index (Phi) is 5.57. The van der Waals surface area contributed by atoms with Gasteiger partial charge in [-0.25, -0.2) is 5.43 Å². The number of nitrogens with zero attached hydrogens (tertiary/aromatic N) is 2. The molecule has 2 rings (SSSR count). The zero-order chi connectivity index (χ0) is 17.5. The Morgan fingerprint density at radius 1 is 1.21 bits per heavy atom. The Balaban J connectivity index is 2.04. The summed E-state index contributed by atoms with van der Waals surface area (Å²) in [7, 11) is 0. The number of carbonyl (C=O) groups is 1. The summed E-state index contributed by atoms with van der Waals surface area (Å²) in [4.78, 5) is 22.4. The van der Waals surface area contributed by atoms with Crippen LogP contribution in [0.3, 0.4) is 0 Å². The summed E-state index contributed by atoms with van der Waals surface area (Å²) in [6, 6.07) is 14.0. The van der Waals surface area contributed by atoms with Gasteiger partial charge in [-0.15, -0.1) is 0 Å². The molecule has 0 spiro atoms. The first kappa shape index (κ1) is 17.1. The van der Waals surface area contributed by atoms with Gasteiger partial charge in [-0.2, -0.15) is 5.10 Å². The third-order valence-corrected chi connectivity index (χ3v) is 3.30. The lowest BCUT2D eigenvalue weighted by atomic mass is 10.1.